The van der Waals surface area contributed by atoms with E-state index < -0.39 is 11.2 Å². The number of hydrogen-bond acceptors (Lipinski definition) is 4. The van der Waals surface area contributed by atoms with Gasteiger partial charge in [-0.1, -0.05) is 59.3 Å². The monoisotopic (exact) mass is 397 g/mol. The van der Waals surface area contributed by atoms with Crippen molar-refractivity contribution in [2.45, 2.75) is 18.6 Å². The fraction of sp³-hybridized carbons (Fsp3) is 0.150. The zero-order valence-corrected chi connectivity index (χ0v) is 16.1. The molecule has 1 atom stereocenters. The van der Waals surface area contributed by atoms with Gasteiger partial charge in [0.15, 0.2) is 0 Å². The highest BCUT2D eigenvalue weighted by atomic mass is 35.5. The van der Waals surface area contributed by atoms with Crippen LogP contribution in [0.1, 0.15) is 11.1 Å². The lowest BCUT2D eigenvalue weighted by Crippen LogP contribution is -2.31. The van der Waals surface area contributed by atoms with Crippen LogP contribution >= 0.6 is 23.4 Å². The minimum absolute atomic E-state index is 0.215. The second kappa shape index (κ2) is 7.87. The molecule has 1 aliphatic heterocycles. The SMILES string of the molecule is Cc1ccc(N2C(=O)[C@H](Cc3ccccc3Cl)S/C2=C(\C#N)C(N)=O)cc1. The van der Waals surface area contributed by atoms with Gasteiger partial charge in [0, 0.05) is 10.7 Å². The average Bonchev–Trinajstić information content (AvgIpc) is 2.94. The first-order valence-electron chi connectivity index (χ1n) is 8.17. The average molecular weight is 398 g/mol. The van der Waals surface area contributed by atoms with Gasteiger partial charge in [-0.25, -0.2) is 0 Å². The van der Waals surface area contributed by atoms with Crippen molar-refractivity contribution in [2.75, 3.05) is 4.90 Å². The molecule has 2 aromatic carbocycles. The van der Waals surface area contributed by atoms with Crippen molar-refractivity contribution in [3.63, 3.8) is 0 Å². The Morgan fingerprint density at radius 3 is 2.52 bits per heavy atom. The molecule has 0 bridgehead atoms. The predicted molar refractivity (Wildman–Crippen MR) is 107 cm³/mol. The number of carbonyl (C=O) groups is 2. The third-order valence-electron chi connectivity index (χ3n) is 4.18. The molecule has 1 heterocycles. The molecular formula is C20H16ClN3O2S. The van der Waals surface area contributed by atoms with Crippen molar-refractivity contribution < 1.29 is 9.59 Å². The molecule has 2 N–H and O–H groups in total. The molecule has 0 aliphatic carbocycles. The van der Waals surface area contributed by atoms with Crippen LogP contribution < -0.4 is 10.6 Å². The summed E-state index contributed by atoms with van der Waals surface area (Å²) in [5, 5.41) is 9.71. The van der Waals surface area contributed by atoms with Crippen LogP contribution in [0, 0.1) is 18.3 Å². The molecule has 2 aromatic rings. The number of amides is 2. The predicted octanol–water partition coefficient (Wildman–Crippen LogP) is 3.56. The van der Waals surface area contributed by atoms with Gasteiger partial charge in [0.1, 0.15) is 16.7 Å². The standard InChI is InChI=1S/C20H16ClN3O2S/c1-12-6-8-14(9-7-12)24-19(26)17(10-13-4-2-3-5-16(13)21)27-20(24)15(11-22)18(23)25/h2-9,17H,10H2,1H3,(H2,23,25)/b20-15+/t17-/m0/s1. The first-order chi connectivity index (χ1) is 12.9. The molecule has 1 saturated heterocycles. The number of thioether (sulfide) groups is 1. The van der Waals surface area contributed by atoms with Gasteiger partial charge in [0.2, 0.25) is 5.91 Å². The summed E-state index contributed by atoms with van der Waals surface area (Å²) in [6.07, 6.45) is 0.381. The van der Waals surface area contributed by atoms with Gasteiger partial charge >= 0.3 is 0 Å². The molecule has 0 saturated carbocycles. The van der Waals surface area contributed by atoms with Crippen molar-refractivity contribution in [2.24, 2.45) is 5.73 Å². The summed E-state index contributed by atoms with van der Waals surface area (Å²) in [5.41, 5.74) is 7.59. The van der Waals surface area contributed by atoms with Gasteiger partial charge in [-0.3, -0.25) is 14.5 Å². The number of anilines is 1. The quantitative estimate of drug-likeness (QED) is 0.631. The van der Waals surface area contributed by atoms with Crippen LogP contribution in [-0.2, 0) is 16.0 Å². The van der Waals surface area contributed by atoms with E-state index in [1.165, 1.54) is 4.90 Å². The van der Waals surface area contributed by atoms with E-state index in [2.05, 4.69) is 0 Å². The van der Waals surface area contributed by atoms with Crippen LogP contribution in [0.3, 0.4) is 0 Å². The first kappa shape index (κ1) is 19.0. The van der Waals surface area contributed by atoms with Crippen LogP contribution in [0.2, 0.25) is 5.02 Å². The molecule has 3 rings (SSSR count). The van der Waals surface area contributed by atoms with E-state index in [1.54, 1.807) is 18.2 Å². The van der Waals surface area contributed by atoms with Crippen molar-refractivity contribution in [1.82, 2.24) is 0 Å². The number of hydrogen-bond donors (Lipinski definition) is 1. The number of benzene rings is 2. The molecule has 0 spiro atoms. The zero-order chi connectivity index (χ0) is 19.6. The number of nitrogens with two attached hydrogens (primary N) is 1. The molecule has 5 nitrogen and oxygen atoms in total. The highest BCUT2D eigenvalue weighted by Crippen LogP contribution is 2.42. The fourth-order valence-corrected chi connectivity index (χ4v) is 4.31. The molecule has 0 unspecified atom stereocenters. The number of aryl methyl sites for hydroxylation is 1. The van der Waals surface area contributed by atoms with Crippen molar-refractivity contribution in [3.05, 3.63) is 75.3 Å². The molecule has 1 aliphatic rings. The van der Waals surface area contributed by atoms with Crippen molar-refractivity contribution in [1.29, 1.82) is 5.26 Å². The Morgan fingerprint density at radius 1 is 1.26 bits per heavy atom. The van der Waals surface area contributed by atoms with Gasteiger partial charge < -0.3 is 5.73 Å². The van der Waals surface area contributed by atoms with Crippen LogP contribution in [0.5, 0.6) is 0 Å². The van der Waals surface area contributed by atoms with Gasteiger partial charge in [0.25, 0.3) is 5.91 Å². The summed E-state index contributed by atoms with van der Waals surface area (Å²) in [6, 6.07) is 16.4. The summed E-state index contributed by atoms with van der Waals surface area (Å²) < 4.78 is 0. The molecular weight excluding hydrogens is 382 g/mol. The lowest BCUT2D eigenvalue weighted by molar-refractivity contribution is -0.117. The minimum Gasteiger partial charge on any atom is -0.365 e. The third kappa shape index (κ3) is 3.85. The Morgan fingerprint density at radius 2 is 1.93 bits per heavy atom. The Labute approximate surface area is 166 Å². The van der Waals surface area contributed by atoms with Gasteiger partial charge in [-0.05, 0) is 37.1 Å². The molecule has 0 aromatic heterocycles. The highest BCUT2D eigenvalue weighted by molar-refractivity contribution is 8.05. The summed E-state index contributed by atoms with van der Waals surface area (Å²) in [4.78, 5) is 26.3. The normalized spacial score (nSPS) is 18.3. The van der Waals surface area contributed by atoms with E-state index in [1.807, 2.05) is 43.3 Å². The molecule has 7 heteroatoms. The number of carbonyl (C=O) groups excluding carboxylic acids is 2. The van der Waals surface area contributed by atoms with E-state index in [4.69, 9.17) is 17.3 Å². The largest absolute Gasteiger partial charge is 0.365 e. The number of rotatable bonds is 4. The topological polar surface area (TPSA) is 87.2 Å². The first-order valence-corrected chi connectivity index (χ1v) is 9.43. The molecule has 2 amide bonds. The van der Waals surface area contributed by atoms with Crippen molar-refractivity contribution in [3.8, 4) is 6.07 Å². The molecule has 136 valence electrons. The minimum atomic E-state index is -0.858. The summed E-state index contributed by atoms with van der Waals surface area (Å²) in [6.45, 7) is 1.94. The Hall–Kier alpha value is -2.75. The molecule has 0 radical (unpaired) electrons. The van der Waals surface area contributed by atoms with Crippen LogP contribution in [-0.4, -0.2) is 17.1 Å². The molecule has 27 heavy (non-hydrogen) atoms. The molecule has 1 fully saturated rings. The van der Waals surface area contributed by atoms with Gasteiger partial charge in [-0.15, -0.1) is 0 Å². The van der Waals surface area contributed by atoms with Crippen LogP contribution in [0.25, 0.3) is 0 Å². The van der Waals surface area contributed by atoms with E-state index in [9.17, 15) is 14.9 Å². The Bertz CT molecular complexity index is 979. The van der Waals surface area contributed by atoms with Gasteiger partial charge in [0.05, 0.1) is 5.25 Å². The van der Waals surface area contributed by atoms with E-state index in [0.29, 0.717) is 17.1 Å². The highest BCUT2D eigenvalue weighted by Gasteiger charge is 2.40. The maximum Gasteiger partial charge on any atom is 0.262 e. The smallest absolute Gasteiger partial charge is 0.262 e. The van der Waals surface area contributed by atoms with E-state index in [0.717, 1.165) is 22.9 Å². The van der Waals surface area contributed by atoms with Crippen LogP contribution in [0.4, 0.5) is 5.69 Å². The summed E-state index contributed by atoms with van der Waals surface area (Å²) >= 11 is 7.39. The van der Waals surface area contributed by atoms with Gasteiger partial charge in [-0.2, -0.15) is 5.26 Å². The number of halogens is 1. The third-order valence-corrected chi connectivity index (χ3v) is 5.81. The lowest BCUT2D eigenvalue weighted by Gasteiger charge is -2.18. The Balaban J connectivity index is 2.05. The van der Waals surface area contributed by atoms with E-state index >= 15 is 0 Å². The number of primary amides is 1. The summed E-state index contributed by atoms with van der Waals surface area (Å²) in [5.74, 6) is -1.07. The number of nitrogens with zero attached hydrogens (tertiary/aromatic N) is 2. The zero-order valence-electron chi connectivity index (χ0n) is 14.5. The second-order valence-electron chi connectivity index (χ2n) is 6.07. The summed E-state index contributed by atoms with van der Waals surface area (Å²) in [7, 11) is 0. The van der Waals surface area contributed by atoms with E-state index in [-0.39, 0.29) is 16.5 Å². The second-order valence-corrected chi connectivity index (χ2v) is 7.67. The fourth-order valence-electron chi connectivity index (χ4n) is 2.79. The Kier molecular flexibility index (Phi) is 5.54. The van der Waals surface area contributed by atoms with Crippen LogP contribution in [0.15, 0.2) is 59.1 Å². The lowest BCUT2D eigenvalue weighted by atomic mass is 10.1. The number of nitriles is 1. The van der Waals surface area contributed by atoms with Crippen molar-refractivity contribution >= 4 is 40.9 Å². The maximum absolute atomic E-state index is 13.1. The maximum atomic E-state index is 13.1.